The molecule has 1 fully saturated rings. The van der Waals surface area contributed by atoms with Crippen molar-refractivity contribution in [1.82, 2.24) is 0 Å². The van der Waals surface area contributed by atoms with Gasteiger partial charge in [-0.15, -0.1) is 11.8 Å². The van der Waals surface area contributed by atoms with Gasteiger partial charge in [-0.2, -0.15) is 23.1 Å². The normalized spacial score (nSPS) is 25.6. The van der Waals surface area contributed by atoms with E-state index in [1.54, 1.807) is 11.3 Å². The van der Waals surface area contributed by atoms with Crippen LogP contribution in [0.25, 0.3) is 0 Å². The highest BCUT2D eigenvalue weighted by Crippen LogP contribution is 2.36. The van der Waals surface area contributed by atoms with Gasteiger partial charge in [0.15, 0.2) is 5.78 Å². The monoisotopic (exact) mass is 336 g/mol. The van der Waals surface area contributed by atoms with Crippen LogP contribution in [0, 0.1) is 0 Å². The Hall–Kier alpha value is 0.550. The molecule has 0 amide bonds. The molecule has 0 N–H and O–H groups in total. The van der Waals surface area contributed by atoms with E-state index < -0.39 is 0 Å². The predicted octanol–water partition coefficient (Wildman–Crippen LogP) is 4.32. The second kappa shape index (κ2) is 5.94. The van der Waals surface area contributed by atoms with Crippen LogP contribution in [0.15, 0.2) is 15.2 Å². The Labute approximate surface area is 117 Å². The largest absolute Gasteiger partial charge is 0.293 e. The molecule has 2 heterocycles. The van der Waals surface area contributed by atoms with Crippen LogP contribution >= 0.6 is 50.8 Å². The zero-order valence-electron chi connectivity index (χ0n) is 8.94. The van der Waals surface area contributed by atoms with Crippen LogP contribution in [0.5, 0.6) is 0 Å². The van der Waals surface area contributed by atoms with E-state index in [-0.39, 0.29) is 5.25 Å². The van der Waals surface area contributed by atoms with Crippen molar-refractivity contribution in [3.63, 3.8) is 0 Å². The Bertz CT molecular complexity index is 377. The number of thiophene rings is 1. The second-order valence-corrected chi connectivity index (χ2v) is 7.80. The van der Waals surface area contributed by atoms with Gasteiger partial charge in [-0.1, -0.05) is 6.92 Å². The molecule has 1 aliphatic rings. The number of Topliss-reactive ketones (excluding diaryl/α,β-unsaturated/α-hetero) is 1. The molecule has 0 spiro atoms. The molecule has 0 radical (unpaired) electrons. The molecule has 0 aliphatic carbocycles. The van der Waals surface area contributed by atoms with Crippen LogP contribution in [0.4, 0.5) is 0 Å². The van der Waals surface area contributed by atoms with Crippen molar-refractivity contribution in [1.29, 1.82) is 0 Å². The van der Waals surface area contributed by atoms with E-state index in [9.17, 15) is 4.79 Å². The number of carbonyl (C=O) groups excluding carboxylic acids is 1. The summed E-state index contributed by atoms with van der Waals surface area (Å²) in [7, 11) is 0. The summed E-state index contributed by atoms with van der Waals surface area (Å²) < 4.78 is 0.952. The van der Waals surface area contributed by atoms with Gasteiger partial charge in [-0.25, -0.2) is 0 Å². The maximum Gasteiger partial charge on any atom is 0.178 e. The summed E-state index contributed by atoms with van der Waals surface area (Å²) in [4.78, 5) is 12.4. The summed E-state index contributed by atoms with van der Waals surface area (Å²) in [5, 5.41) is 4.57. The highest BCUT2D eigenvalue weighted by molar-refractivity contribution is 9.10. The molecule has 5 heteroatoms. The molecule has 1 saturated heterocycles. The minimum absolute atomic E-state index is 0.148. The average molecular weight is 337 g/mol. The van der Waals surface area contributed by atoms with Crippen LogP contribution in [-0.2, 0) is 0 Å². The summed E-state index contributed by atoms with van der Waals surface area (Å²) in [5.41, 5.74) is 0.864. The Kier molecular flexibility index (Phi) is 4.82. The fourth-order valence-electron chi connectivity index (χ4n) is 1.76. The van der Waals surface area contributed by atoms with Crippen molar-refractivity contribution >= 4 is 56.6 Å². The molecule has 1 aromatic heterocycles. The van der Waals surface area contributed by atoms with Crippen molar-refractivity contribution in [2.24, 2.45) is 0 Å². The zero-order chi connectivity index (χ0) is 11.5. The third kappa shape index (κ3) is 2.68. The second-order valence-electron chi connectivity index (χ2n) is 3.61. The van der Waals surface area contributed by atoms with Crippen LogP contribution in [-0.4, -0.2) is 27.8 Å². The molecule has 1 aromatic rings. The standard InChI is InChI=1S/C11H13BrOS3/c1-2-9-11(16-4-3-15-9)10(13)7-5-14-6-8(7)12/h5-6,9,11H,2-4H2,1H3. The van der Waals surface area contributed by atoms with E-state index in [1.807, 2.05) is 34.3 Å². The zero-order valence-corrected chi connectivity index (χ0v) is 13.0. The van der Waals surface area contributed by atoms with Crippen LogP contribution in [0.1, 0.15) is 23.7 Å². The third-order valence-electron chi connectivity index (χ3n) is 2.59. The number of rotatable bonds is 3. The van der Waals surface area contributed by atoms with Crippen LogP contribution < -0.4 is 0 Å². The van der Waals surface area contributed by atoms with E-state index in [0.29, 0.717) is 11.0 Å². The molecular formula is C11H13BrOS3. The molecule has 1 aliphatic heterocycles. The lowest BCUT2D eigenvalue weighted by Gasteiger charge is -2.28. The quantitative estimate of drug-likeness (QED) is 0.765. The molecule has 2 unspecified atom stereocenters. The Morgan fingerprint density at radius 2 is 2.19 bits per heavy atom. The van der Waals surface area contributed by atoms with Crippen molar-refractivity contribution in [3.8, 4) is 0 Å². The Balaban J connectivity index is 2.17. The van der Waals surface area contributed by atoms with Gasteiger partial charge in [-0.05, 0) is 22.4 Å². The first-order valence-corrected chi connectivity index (χ1v) is 9.06. The first-order valence-electron chi connectivity index (χ1n) is 5.23. The summed E-state index contributed by atoms with van der Waals surface area (Å²) in [6.45, 7) is 2.17. The first kappa shape index (κ1) is 13.0. The maximum atomic E-state index is 12.4. The lowest BCUT2D eigenvalue weighted by molar-refractivity contribution is 0.0987. The van der Waals surface area contributed by atoms with Crippen molar-refractivity contribution in [2.45, 2.75) is 23.8 Å². The number of hydrogen-bond donors (Lipinski definition) is 0. The minimum atomic E-state index is 0.148. The van der Waals surface area contributed by atoms with Gasteiger partial charge in [0.25, 0.3) is 0 Å². The highest BCUT2D eigenvalue weighted by Gasteiger charge is 2.32. The van der Waals surface area contributed by atoms with Gasteiger partial charge in [0, 0.05) is 37.6 Å². The van der Waals surface area contributed by atoms with E-state index in [4.69, 9.17) is 0 Å². The van der Waals surface area contributed by atoms with Gasteiger partial charge < -0.3 is 0 Å². The molecule has 16 heavy (non-hydrogen) atoms. The molecular weight excluding hydrogens is 324 g/mol. The molecule has 88 valence electrons. The summed E-state index contributed by atoms with van der Waals surface area (Å²) in [6.07, 6.45) is 1.08. The molecule has 2 rings (SSSR count). The molecule has 2 atom stereocenters. The van der Waals surface area contributed by atoms with Crippen LogP contribution in [0.2, 0.25) is 0 Å². The summed E-state index contributed by atoms with van der Waals surface area (Å²) >= 11 is 8.81. The number of ketones is 1. The Morgan fingerprint density at radius 3 is 2.81 bits per heavy atom. The predicted molar refractivity (Wildman–Crippen MR) is 79.1 cm³/mol. The van der Waals surface area contributed by atoms with Gasteiger partial charge in [0.2, 0.25) is 0 Å². The molecule has 0 aromatic carbocycles. The Morgan fingerprint density at radius 1 is 1.44 bits per heavy atom. The van der Waals surface area contributed by atoms with Gasteiger partial charge in [0.05, 0.1) is 5.25 Å². The number of hydrogen-bond acceptors (Lipinski definition) is 4. The number of halogens is 1. The topological polar surface area (TPSA) is 17.1 Å². The first-order chi connectivity index (χ1) is 7.74. The van der Waals surface area contributed by atoms with E-state index in [0.717, 1.165) is 22.2 Å². The van der Waals surface area contributed by atoms with E-state index in [2.05, 4.69) is 22.9 Å². The smallest absolute Gasteiger partial charge is 0.178 e. The van der Waals surface area contributed by atoms with Gasteiger partial charge in [0.1, 0.15) is 0 Å². The fourth-order valence-corrected chi connectivity index (χ4v) is 6.25. The molecule has 1 nitrogen and oxygen atoms in total. The molecule has 0 saturated carbocycles. The minimum Gasteiger partial charge on any atom is -0.293 e. The fraction of sp³-hybridized carbons (Fsp3) is 0.545. The van der Waals surface area contributed by atoms with Gasteiger partial charge >= 0.3 is 0 Å². The van der Waals surface area contributed by atoms with E-state index >= 15 is 0 Å². The van der Waals surface area contributed by atoms with Crippen molar-refractivity contribution < 1.29 is 4.79 Å². The lowest BCUT2D eigenvalue weighted by Crippen LogP contribution is -2.32. The number of thioether (sulfide) groups is 2. The summed E-state index contributed by atoms with van der Waals surface area (Å²) in [5.74, 6) is 2.58. The van der Waals surface area contributed by atoms with Crippen LogP contribution in [0.3, 0.4) is 0 Å². The van der Waals surface area contributed by atoms with Gasteiger partial charge in [-0.3, -0.25) is 4.79 Å². The average Bonchev–Trinajstić information content (AvgIpc) is 2.74. The molecule has 0 bridgehead atoms. The van der Waals surface area contributed by atoms with Crippen molar-refractivity contribution in [2.75, 3.05) is 11.5 Å². The van der Waals surface area contributed by atoms with E-state index in [1.165, 1.54) is 5.75 Å². The number of carbonyl (C=O) groups is 1. The SMILES string of the molecule is CCC1SCCSC1C(=O)c1cscc1Br. The third-order valence-corrected chi connectivity index (χ3v) is 7.54. The highest BCUT2D eigenvalue weighted by atomic mass is 79.9. The summed E-state index contributed by atoms with van der Waals surface area (Å²) in [6, 6.07) is 0. The van der Waals surface area contributed by atoms with Crippen molar-refractivity contribution in [3.05, 3.63) is 20.8 Å². The lowest BCUT2D eigenvalue weighted by atomic mass is 10.1. The maximum absolute atomic E-state index is 12.4.